The van der Waals surface area contributed by atoms with Crippen molar-refractivity contribution in [3.8, 4) is 0 Å². The minimum atomic E-state index is -4.07. The van der Waals surface area contributed by atoms with Crippen molar-refractivity contribution in [3.63, 3.8) is 0 Å². The van der Waals surface area contributed by atoms with Gasteiger partial charge in [-0.25, -0.2) is 13.6 Å². The third-order valence-electron chi connectivity index (χ3n) is 4.24. The first-order valence-corrected chi connectivity index (χ1v) is 11.1. The molecule has 0 aliphatic carbocycles. The smallest absolute Gasteiger partial charge is 0.293 e. The fourth-order valence-electron chi connectivity index (χ4n) is 2.69. The van der Waals surface area contributed by atoms with Gasteiger partial charge in [-0.15, -0.1) is 0 Å². The molecule has 0 aliphatic heterocycles. The molecule has 9 nitrogen and oxygen atoms in total. The number of hydrogen-bond donors (Lipinski definition) is 2. The Balaban J connectivity index is 2.03. The number of nitrogens with two attached hydrogens (primary N) is 1. The summed E-state index contributed by atoms with van der Waals surface area (Å²) < 4.78 is 22.8. The lowest BCUT2D eigenvalue weighted by Gasteiger charge is -2.21. The van der Waals surface area contributed by atoms with Crippen molar-refractivity contribution >= 4 is 50.5 Å². The Kier molecular flexibility index (Phi) is 8.02. The number of nitro groups is 1. The molecule has 0 heterocycles. The maximum atomic E-state index is 12.5. The molecule has 162 valence electrons. The Hall–Kier alpha value is -2.40. The number of amides is 1. The third-order valence-corrected chi connectivity index (χ3v) is 5.89. The second-order valence-corrected chi connectivity index (χ2v) is 8.69. The summed E-state index contributed by atoms with van der Waals surface area (Å²) in [6.45, 7) is 2.75. The molecule has 2 aromatic rings. The number of hydrogen-bond acceptors (Lipinski definition) is 6. The zero-order chi connectivity index (χ0) is 22.5. The van der Waals surface area contributed by atoms with E-state index in [4.69, 9.17) is 28.3 Å². The number of nitrogens with zero attached hydrogens (tertiary/aromatic N) is 2. The van der Waals surface area contributed by atoms with Gasteiger partial charge in [-0.3, -0.25) is 14.9 Å². The number of nitro benzene ring substituents is 1. The predicted molar refractivity (Wildman–Crippen MR) is 115 cm³/mol. The molecule has 1 amide bonds. The highest BCUT2D eigenvalue weighted by Crippen LogP contribution is 2.27. The molecule has 0 spiro atoms. The molecule has 12 heteroatoms. The van der Waals surface area contributed by atoms with Crippen molar-refractivity contribution in [1.29, 1.82) is 0 Å². The van der Waals surface area contributed by atoms with E-state index in [1.165, 1.54) is 6.07 Å². The number of primary sulfonamides is 1. The minimum Gasteiger partial charge on any atom is -0.379 e. The number of sulfonamides is 1. The van der Waals surface area contributed by atoms with Gasteiger partial charge in [-0.2, -0.15) is 0 Å². The molecule has 3 N–H and O–H groups in total. The van der Waals surface area contributed by atoms with Crippen LogP contribution in [0.5, 0.6) is 0 Å². The molecular weight excluding hydrogens is 455 g/mol. The van der Waals surface area contributed by atoms with E-state index in [2.05, 4.69) is 5.32 Å². The molecule has 0 aromatic heterocycles. The van der Waals surface area contributed by atoms with Gasteiger partial charge in [-0.1, -0.05) is 29.3 Å². The summed E-state index contributed by atoms with van der Waals surface area (Å²) in [4.78, 5) is 24.3. The van der Waals surface area contributed by atoms with E-state index in [1.54, 1.807) is 23.1 Å². The van der Waals surface area contributed by atoms with Gasteiger partial charge >= 0.3 is 0 Å². The van der Waals surface area contributed by atoms with E-state index in [0.717, 1.165) is 17.7 Å². The average molecular weight is 475 g/mol. The van der Waals surface area contributed by atoms with Gasteiger partial charge in [0.2, 0.25) is 15.9 Å². The molecule has 0 fully saturated rings. The van der Waals surface area contributed by atoms with Crippen LogP contribution in [0.4, 0.5) is 11.4 Å². The second kappa shape index (κ2) is 10.1. The van der Waals surface area contributed by atoms with E-state index < -0.39 is 20.6 Å². The van der Waals surface area contributed by atoms with Crippen LogP contribution in [0.15, 0.2) is 41.3 Å². The molecule has 30 heavy (non-hydrogen) atoms. The molecule has 0 radical (unpaired) electrons. The minimum absolute atomic E-state index is 0.0727. The van der Waals surface area contributed by atoms with E-state index in [1.807, 2.05) is 6.92 Å². The lowest BCUT2D eigenvalue weighted by Crippen LogP contribution is -2.31. The average Bonchev–Trinajstić information content (AvgIpc) is 2.67. The molecule has 0 saturated carbocycles. The highest BCUT2D eigenvalue weighted by molar-refractivity contribution is 7.89. The van der Waals surface area contributed by atoms with E-state index >= 15 is 0 Å². The number of carbonyl (C=O) groups excluding carboxylic acids is 1. The lowest BCUT2D eigenvalue weighted by molar-refractivity contribution is -0.384. The van der Waals surface area contributed by atoms with Crippen molar-refractivity contribution in [3.05, 3.63) is 62.1 Å². The first-order valence-electron chi connectivity index (χ1n) is 8.79. The SMILES string of the molecule is CCN(Cc1ccc(Cl)c(Cl)c1)C(=O)CCNc1ccc(S(N)(=O)=O)cc1[N+](=O)[O-]. The van der Waals surface area contributed by atoms with Crippen LogP contribution in [0.3, 0.4) is 0 Å². The number of nitrogens with one attached hydrogen (secondary N) is 1. The highest BCUT2D eigenvalue weighted by atomic mass is 35.5. The molecular formula is C18H20Cl2N4O5S. The number of carbonyl (C=O) groups is 1. The van der Waals surface area contributed by atoms with Crippen LogP contribution in [-0.2, 0) is 21.4 Å². The van der Waals surface area contributed by atoms with Gasteiger partial charge in [-0.05, 0) is 36.8 Å². The van der Waals surface area contributed by atoms with Gasteiger partial charge in [0.05, 0.1) is 19.9 Å². The molecule has 2 aromatic carbocycles. The molecule has 0 unspecified atom stereocenters. The second-order valence-electron chi connectivity index (χ2n) is 6.31. The Bertz CT molecular complexity index is 1060. The van der Waals surface area contributed by atoms with Crippen LogP contribution in [0.25, 0.3) is 0 Å². The Morgan fingerprint density at radius 2 is 1.90 bits per heavy atom. The van der Waals surface area contributed by atoms with Crippen LogP contribution in [0, 0.1) is 10.1 Å². The standard InChI is InChI=1S/C18H20Cl2N4O5S/c1-2-23(11-12-3-5-14(19)15(20)9-12)18(25)7-8-22-16-6-4-13(30(21,28)29)10-17(16)24(26)27/h3-6,9-10,22H,2,7-8,11H2,1H3,(H2,21,28,29). The van der Waals surface area contributed by atoms with Crippen molar-refractivity contribution < 1.29 is 18.1 Å². The summed E-state index contributed by atoms with van der Waals surface area (Å²) in [5.41, 5.74) is 0.464. The molecule has 0 atom stereocenters. The summed E-state index contributed by atoms with van der Waals surface area (Å²) >= 11 is 11.9. The summed E-state index contributed by atoms with van der Waals surface area (Å²) in [6, 6.07) is 8.41. The van der Waals surface area contributed by atoms with Crippen molar-refractivity contribution in [2.45, 2.75) is 24.8 Å². The predicted octanol–water partition coefficient (Wildman–Crippen LogP) is 3.40. The Labute approximate surface area is 184 Å². The van der Waals surface area contributed by atoms with Crippen molar-refractivity contribution in [1.82, 2.24) is 4.90 Å². The monoisotopic (exact) mass is 474 g/mol. The van der Waals surface area contributed by atoms with Gasteiger partial charge < -0.3 is 10.2 Å². The number of rotatable bonds is 9. The third kappa shape index (κ3) is 6.30. The largest absolute Gasteiger partial charge is 0.379 e. The molecule has 0 saturated heterocycles. The normalized spacial score (nSPS) is 11.2. The highest BCUT2D eigenvalue weighted by Gasteiger charge is 2.19. The Morgan fingerprint density at radius 1 is 1.20 bits per heavy atom. The molecule has 0 aliphatic rings. The van der Waals surface area contributed by atoms with Crippen LogP contribution in [0.2, 0.25) is 10.0 Å². The zero-order valence-corrected chi connectivity index (χ0v) is 18.3. The first kappa shape index (κ1) is 23.9. The van der Waals surface area contributed by atoms with E-state index in [0.29, 0.717) is 23.1 Å². The fraction of sp³-hybridized carbons (Fsp3) is 0.278. The van der Waals surface area contributed by atoms with Crippen LogP contribution in [-0.4, -0.2) is 37.2 Å². The van der Waals surface area contributed by atoms with E-state index in [9.17, 15) is 23.3 Å². The maximum absolute atomic E-state index is 12.5. The first-order chi connectivity index (χ1) is 14.0. The quantitative estimate of drug-likeness (QED) is 0.422. The topological polar surface area (TPSA) is 136 Å². The Morgan fingerprint density at radius 3 is 2.47 bits per heavy atom. The van der Waals surface area contributed by atoms with Crippen LogP contribution < -0.4 is 10.5 Å². The van der Waals surface area contributed by atoms with Crippen LogP contribution in [0.1, 0.15) is 18.9 Å². The molecule has 2 rings (SSSR count). The van der Waals surface area contributed by atoms with Gasteiger partial charge in [0.15, 0.2) is 0 Å². The summed E-state index contributed by atoms with van der Waals surface area (Å²) in [6.07, 6.45) is 0.0727. The van der Waals surface area contributed by atoms with Crippen molar-refractivity contribution in [2.75, 3.05) is 18.4 Å². The number of halogens is 2. The number of anilines is 1. The maximum Gasteiger partial charge on any atom is 0.293 e. The summed E-state index contributed by atoms with van der Waals surface area (Å²) in [5, 5.41) is 19.9. The van der Waals surface area contributed by atoms with Gasteiger partial charge in [0.1, 0.15) is 5.69 Å². The molecule has 0 bridgehead atoms. The van der Waals surface area contributed by atoms with Crippen LogP contribution >= 0.6 is 23.2 Å². The van der Waals surface area contributed by atoms with E-state index in [-0.39, 0.29) is 29.5 Å². The van der Waals surface area contributed by atoms with Gasteiger partial charge in [0, 0.05) is 32.1 Å². The fourth-order valence-corrected chi connectivity index (χ4v) is 3.54. The summed E-state index contributed by atoms with van der Waals surface area (Å²) in [5.74, 6) is -0.167. The number of benzene rings is 2. The summed E-state index contributed by atoms with van der Waals surface area (Å²) in [7, 11) is -4.07. The van der Waals surface area contributed by atoms with Crippen molar-refractivity contribution in [2.24, 2.45) is 5.14 Å². The zero-order valence-electron chi connectivity index (χ0n) is 16.0. The van der Waals surface area contributed by atoms with Gasteiger partial charge in [0.25, 0.3) is 5.69 Å². The lowest BCUT2D eigenvalue weighted by atomic mass is 10.2.